The molecule has 0 bridgehead atoms. The van der Waals surface area contributed by atoms with E-state index in [0.717, 1.165) is 26.1 Å². The van der Waals surface area contributed by atoms with Crippen LogP contribution in [0.25, 0.3) is 0 Å². The number of hydrogen-bond donors (Lipinski definition) is 1. The van der Waals surface area contributed by atoms with E-state index >= 15 is 0 Å². The van der Waals surface area contributed by atoms with Gasteiger partial charge < -0.3 is 15.2 Å². The molecular formula is C14H25N3O. The first-order valence-corrected chi connectivity index (χ1v) is 6.78. The molecule has 0 saturated carbocycles. The predicted molar refractivity (Wildman–Crippen MR) is 76.8 cm³/mol. The molecule has 0 aliphatic heterocycles. The van der Waals surface area contributed by atoms with Gasteiger partial charge in [0.1, 0.15) is 0 Å². The van der Waals surface area contributed by atoms with Crippen molar-refractivity contribution in [1.82, 2.24) is 9.47 Å². The second-order valence-electron chi connectivity index (χ2n) is 4.86. The van der Waals surface area contributed by atoms with Crippen LogP contribution in [0, 0.1) is 0 Å². The van der Waals surface area contributed by atoms with E-state index in [1.54, 1.807) is 16.8 Å². The van der Waals surface area contributed by atoms with Crippen molar-refractivity contribution in [2.24, 2.45) is 0 Å². The van der Waals surface area contributed by atoms with Crippen LogP contribution in [0.5, 0.6) is 0 Å². The van der Waals surface area contributed by atoms with Crippen molar-refractivity contribution in [3.8, 4) is 0 Å². The summed E-state index contributed by atoms with van der Waals surface area (Å²) in [5.41, 5.74) is 6.34. The highest BCUT2D eigenvalue weighted by molar-refractivity contribution is 5.33. The summed E-state index contributed by atoms with van der Waals surface area (Å²) in [7, 11) is 2.14. The zero-order valence-corrected chi connectivity index (χ0v) is 11.6. The smallest absolute Gasteiger partial charge is 0.250 e. The Bertz CT molecular complexity index is 400. The molecule has 1 rings (SSSR count). The number of nitrogens with two attached hydrogens (primary N) is 1. The number of nitrogen functional groups attached to an aromatic ring is 1. The Labute approximate surface area is 109 Å². The summed E-state index contributed by atoms with van der Waals surface area (Å²) in [5.74, 6) is 0. The Balaban J connectivity index is 2.28. The topological polar surface area (TPSA) is 51.3 Å². The lowest BCUT2D eigenvalue weighted by atomic mass is 10.2. The predicted octanol–water partition coefficient (Wildman–Crippen LogP) is 1.94. The van der Waals surface area contributed by atoms with Gasteiger partial charge in [0.05, 0.1) is 0 Å². The van der Waals surface area contributed by atoms with Crippen LogP contribution in [0.3, 0.4) is 0 Å². The minimum Gasteiger partial charge on any atom is -0.398 e. The van der Waals surface area contributed by atoms with Gasteiger partial charge in [-0.3, -0.25) is 4.79 Å². The van der Waals surface area contributed by atoms with E-state index in [4.69, 9.17) is 5.73 Å². The SMILES string of the molecule is CCCCCN(C)CCCn1cc(N)ccc1=O. The molecule has 1 heterocycles. The fraction of sp³-hybridized carbons (Fsp3) is 0.643. The van der Waals surface area contributed by atoms with Gasteiger partial charge in [0.2, 0.25) is 0 Å². The van der Waals surface area contributed by atoms with Gasteiger partial charge in [0, 0.05) is 24.5 Å². The van der Waals surface area contributed by atoms with Gasteiger partial charge in [-0.05, 0) is 39.0 Å². The van der Waals surface area contributed by atoms with E-state index in [9.17, 15) is 4.79 Å². The van der Waals surface area contributed by atoms with E-state index < -0.39 is 0 Å². The summed E-state index contributed by atoms with van der Waals surface area (Å²) in [5, 5.41) is 0. The first-order chi connectivity index (χ1) is 8.63. The van der Waals surface area contributed by atoms with Crippen molar-refractivity contribution in [3.63, 3.8) is 0 Å². The molecule has 0 unspecified atom stereocenters. The maximum Gasteiger partial charge on any atom is 0.250 e. The average Bonchev–Trinajstić information content (AvgIpc) is 2.34. The molecule has 0 amide bonds. The third-order valence-electron chi connectivity index (χ3n) is 3.09. The summed E-state index contributed by atoms with van der Waals surface area (Å²) in [6.07, 6.45) is 6.50. The van der Waals surface area contributed by atoms with Crippen LogP contribution in [0.1, 0.15) is 32.6 Å². The Morgan fingerprint density at radius 1 is 1.22 bits per heavy atom. The molecule has 0 aliphatic carbocycles. The highest BCUT2D eigenvalue weighted by atomic mass is 16.1. The summed E-state index contributed by atoms with van der Waals surface area (Å²) < 4.78 is 1.69. The van der Waals surface area contributed by atoms with Crippen molar-refractivity contribution in [2.45, 2.75) is 39.2 Å². The molecule has 0 aromatic carbocycles. The zero-order valence-electron chi connectivity index (χ0n) is 11.6. The summed E-state index contributed by atoms with van der Waals surface area (Å²) in [6.45, 7) is 5.11. The molecule has 0 radical (unpaired) electrons. The van der Waals surface area contributed by atoms with Crippen molar-refractivity contribution in [2.75, 3.05) is 25.9 Å². The molecular weight excluding hydrogens is 226 g/mol. The average molecular weight is 251 g/mol. The van der Waals surface area contributed by atoms with Crippen molar-refractivity contribution >= 4 is 5.69 Å². The Morgan fingerprint density at radius 3 is 2.67 bits per heavy atom. The largest absolute Gasteiger partial charge is 0.398 e. The number of nitrogens with zero attached hydrogens (tertiary/aromatic N) is 2. The zero-order chi connectivity index (χ0) is 13.4. The molecule has 1 aromatic rings. The van der Waals surface area contributed by atoms with E-state index in [1.807, 2.05) is 0 Å². The summed E-state index contributed by atoms with van der Waals surface area (Å²) in [6, 6.07) is 3.18. The second kappa shape index (κ2) is 7.93. The number of unbranched alkanes of at least 4 members (excludes halogenated alkanes) is 2. The van der Waals surface area contributed by atoms with Crippen LogP contribution in [0.15, 0.2) is 23.1 Å². The molecule has 0 fully saturated rings. The monoisotopic (exact) mass is 251 g/mol. The molecule has 0 atom stereocenters. The standard InChI is InChI=1S/C14H25N3O/c1-3-4-5-9-16(2)10-6-11-17-12-13(15)7-8-14(17)18/h7-8,12H,3-6,9-11,15H2,1-2H3. The molecule has 4 heteroatoms. The van der Waals surface area contributed by atoms with Gasteiger partial charge >= 0.3 is 0 Å². The molecule has 0 aliphatic rings. The molecule has 0 spiro atoms. The van der Waals surface area contributed by atoms with E-state index in [-0.39, 0.29) is 5.56 Å². The maximum atomic E-state index is 11.6. The molecule has 4 nitrogen and oxygen atoms in total. The van der Waals surface area contributed by atoms with Gasteiger partial charge in [-0.1, -0.05) is 19.8 Å². The van der Waals surface area contributed by atoms with Crippen LogP contribution in [0.4, 0.5) is 5.69 Å². The first-order valence-electron chi connectivity index (χ1n) is 6.78. The molecule has 2 N–H and O–H groups in total. The fourth-order valence-electron chi connectivity index (χ4n) is 1.98. The molecule has 1 aromatic heterocycles. The van der Waals surface area contributed by atoms with Gasteiger partial charge in [0.25, 0.3) is 5.56 Å². The number of aryl methyl sites for hydroxylation is 1. The van der Waals surface area contributed by atoms with Gasteiger partial charge in [-0.2, -0.15) is 0 Å². The van der Waals surface area contributed by atoms with Crippen LogP contribution < -0.4 is 11.3 Å². The number of aromatic nitrogens is 1. The Morgan fingerprint density at radius 2 is 1.94 bits per heavy atom. The lowest BCUT2D eigenvalue weighted by Crippen LogP contribution is -2.24. The number of pyridine rings is 1. The third-order valence-corrected chi connectivity index (χ3v) is 3.09. The highest BCUT2D eigenvalue weighted by Gasteiger charge is 2.00. The second-order valence-corrected chi connectivity index (χ2v) is 4.86. The quantitative estimate of drug-likeness (QED) is 0.718. The van der Waals surface area contributed by atoms with Crippen molar-refractivity contribution in [1.29, 1.82) is 0 Å². The summed E-state index contributed by atoms with van der Waals surface area (Å²) in [4.78, 5) is 13.9. The highest BCUT2D eigenvalue weighted by Crippen LogP contribution is 2.00. The van der Waals surface area contributed by atoms with Crippen LogP contribution >= 0.6 is 0 Å². The first kappa shape index (κ1) is 14.8. The molecule has 0 saturated heterocycles. The van der Waals surface area contributed by atoms with Crippen LogP contribution in [-0.2, 0) is 6.54 Å². The van der Waals surface area contributed by atoms with Gasteiger partial charge in [0.15, 0.2) is 0 Å². The Hall–Kier alpha value is -1.29. The third kappa shape index (κ3) is 5.36. The summed E-state index contributed by atoms with van der Waals surface area (Å²) >= 11 is 0. The Kier molecular flexibility index (Phi) is 6.50. The van der Waals surface area contributed by atoms with E-state index in [1.165, 1.54) is 25.3 Å². The number of hydrogen-bond acceptors (Lipinski definition) is 3. The van der Waals surface area contributed by atoms with Crippen LogP contribution in [0.2, 0.25) is 0 Å². The van der Waals surface area contributed by atoms with Gasteiger partial charge in [-0.15, -0.1) is 0 Å². The van der Waals surface area contributed by atoms with E-state index in [2.05, 4.69) is 18.9 Å². The molecule has 102 valence electrons. The van der Waals surface area contributed by atoms with E-state index in [0.29, 0.717) is 5.69 Å². The normalized spacial score (nSPS) is 11.1. The maximum absolute atomic E-state index is 11.6. The van der Waals surface area contributed by atoms with Crippen molar-refractivity contribution in [3.05, 3.63) is 28.7 Å². The van der Waals surface area contributed by atoms with Crippen molar-refractivity contribution < 1.29 is 0 Å². The minimum atomic E-state index is 0.0258. The fourth-order valence-corrected chi connectivity index (χ4v) is 1.98. The van der Waals surface area contributed by atoms with Crippen LogP contribution in [-0.4, -0.2) is 29.6 Å². The lowest BCUT2D eigenvalue weighted by Gasteiger charge is -2.16. The van der Waals surface area contributed by atoms with Gasteiger partial charge in [-0.25, -0.2) is 0 Å². The molecule has 18 heavy (non-hydrogen) atoms. The number of anilines is 1. The minimum absolute atomic E-state index is 0.0258. The lowest BCUT2D eigenvalue weighted by molar-refractivity contribution is 0.313. The number of rotatable bonds is 8.